The maximum atomic E-state index is 12.3. The van der Waals surface area contributed by atoms with Crippen LogP contribution < -0.4 is 5.32 Å². The molecule has 1 amide bonds. The highest BCUT2D eigenvalue weighted by molar-refractivity contribution is 5.92. The fraction of sp³-hybridized carbons (Fsp3) is 0.800. The van der Waals surface area contributed by atoms with E-state index in [4.69, 9.17) is 0 Å². The highest BCUT2D eigenvalue weighted by atomic mass is 16.2. The predicted octanol–water partition coefficient (Wildman–Crippen LogP) is 1.49. The molecule has 1 aromatic heterocycles. The highest BCUT2D eigenvalue weighted by Crippen LogP contribution is 2.19. The van der Waals surface area contributed by atoms with Crippen LogP contribution in [0.2, 0.25) is 0 Å². The van der Waals surface area contributed by atoms with Crippen LogP contribution in [0, 0.1) is 5.92 Å². The quantitative estimate of drug-likeness (QED) is 0.917. The van der Waals surface area contributed by atoms with Crippen molar-refractivity contribution in [1.29, 1.82) is 0 Å². The largest absolute Gasteiger partial charge is 0.346 e. The second kappa shape index (κ2) is 5.75. The number of nitrogens with one attached hydrogen (secondary N) is 1. The third-order valence-corrected chi connectivity index (χ3v) is 4.10. The first-order valence-corrected chi connectivity index (χ1v) is 7.66. The summed E-state index contributed by atoms with van der Waals surface area (Å²) in [5.41, 5.74) is 0.223. The van der Waals surface area contributed by atoms with Crippen LogP contribution in [-0.2, 0) is 5.54 Å². The summed E-state index contributed by atoms with van der Waals surface area (Å²) in [5.74, 6) is 0.321. The first-order valence-electron chi connectivity index (χ1n) is 7.66. The number of likely N-dealkylation sites (tertiary alicyclic amines) is 1. The molecule has 6 nitrogen and oxygen atoms in total. The number of carbonyl (C=O) groups is 1. The van der Waals surface area contributed by atoms with E-state index in [1.54, 1.807) is 10.9 Å². The Morgan fingerprint density at radius 1 is 1.38 bits per heavy atom. The molecule has 1 N–H and O–H groups in total. The van der Waals surface area contributed by atoms with Crippen molar-refractivity contribution < 1.29 is 4.79 Å². The summed E-state index contributed by atoms with van der Waals surface area (Å²) in [6.07, 6.45) is 1.72. The number of hydrogen-bond acceptors (Lipinski definition) is 4. The van der Waals surface area contributed by atoms with E-state index in [1.807, 2.05) is 20.8 Å². The maximum Gasteiger partial charge on any atom is 0.273 e. The Bertz CT molecular complexity index is 502. The third-order valence-electron chi connectivity index (χ3n) is 4.10. The van der Waals surface area contributed by atoms with E-state index < -0.39 is 0 Å². The molecule has 0 aromatic carbocycles. The zero-order valence-corrected chi connectivity index (χ0v) is 13.9. The van der Waals surface area contributed by atoms with Gasteiger partial charge in [-0.2, -0.15) is 0 Å². The van der Waals surface area contributed by atoms with Crippen LogP contribution in [0.5, 0.6) is 0 Å². The minimum absolute atomic E-state index is 0.132. The van der Waals surface area contributed by atoms with Gasteiger partial charge < -0.3 is 5.32 Å². The summed E-state index contributed by atoms with van der Waals surface area (Å²) in [4.78, 5) is 14.7. The normalized spacial score (nSPS) is 23.8. The fourth-order valence-electron chi connectivity index (χ4n) is 2.55. The third kappa shape index (κ3) is 3.61. The van der Waals surface area contributed by atoms with Crippen LogP contribution >= 0.6 is 0 Å². The molecule has 2 heterocycles. The SMILES string of the molecule is CC1CN(C(C)C)CC1NC(=O)c1cn(C(C)(C)C)nn1. The van der Waals surface area contributed by atoms with Crippen molar-refractivity contribution in [3.63, 3.8) is 0 Å². The van der Waals surface area contributed by atoms with Gasteiger partial charge in [-0.1, -0.05) is 12.1 Å². The fourth-order valence-corrected chi connectivity index (χ4v) is 2.55. The lowest BCUT2D eigenvalue weighted by Crippen LogP contribution is -2.40. The number of hydrogen-bond donors (Lipinski definition) is 1. The van der Waals surface area contributed by atoms with Crippen molar-refractivity contribution in [1.82, 2.24) is 25.2 Å². The van der Waals surface area contributed by atoms with Crippen LogP contribution in [0.25, 0.3) is 0 Å². The lowest BCUT2D eigenvalue weighted by atomic mass is 10.1. The van der Waals surface area contributed by atoms with Crippen molar-refractivity contribution >= 4 is 5.91 Å². The average molecular weight is 293 g/mol. The van der Waals surface area contributed by atoms with Crippen LogP contribution in [0.1, 0.15) is 52.0 Å². The average Bonchev–Trinajstić information content (AvgIpc) is 2.96. The van der Waals surface area contributed by atoms with E-state index in [-0.39, 0.29) is 17.5 Å². The van der Waals surface area contributed by atoms with Gasteiger partial charge in [-0.05, 0) is 40.5 Å². The van der Waals surface area contributed by atoms with E-state index in [9.17, 15) is 4.79 Å². The molecular formula is C15H27N5O. The summed E-state index contributed by atoms with van der Waals surface area (Å²) in [6.45, 7) is 14.6. The van der Waals surface area contributed by atoms with Gasteiger partial charge in [0, 0.05) is 25.2 Å². The standard InChI is InChI=1S/C15H27N5O/c1-10(2)19-7-11(3)12(8-19)16-14(21)13-9-20(18-17-13)15(4,5)6/h9-12H,7-8H2,1-6H3,(H,16,21). The second-order valence-corrected chi connectivity index (χ2v) is 7.32. The maximum absolute atomic E-state index is 12.3. The van der Waals surface area contributed by atoms with Crippen molar-refractivity contribution in [2.75, 3.05) is 13.1 Å². The van der Waals surface area contributed by atoms with E-state index in [1.165, 1.54) is 0 Å². The monoisotopic (exact) mass is 293 g/mol. The number of amides is 1. The van der Waals surface area contributed by atoms with Crippen molar-refractivity contribution in [3.8, 4) is 0 Å². The molecule has 0 bridgehead atoms. The Hall–Kier alpha value is -1.43. The molecule has 1 aliphatic heterocycles. The van der Waals surface area contributed by atoms with Gasteiger partial charge in [-0.25, -0.2) is 4.68 Å². The molecule has 0 aliphatic carbocycles. The molecule has 0 radical (unpaired) electrons. The highest BCUT2D eigenvalue weighted by Gasteiger charge is 2.32. The summed E-state index contributed by atoms with van der Waals surface area (Å²) in [7, 11) is 0. The Kier molecular flexibility index (Phi) is 4.37. The molecule has 118 valence electrons. The molecule has 1 aromatic rings. The molecule has 2 unspecified atom stereocenters. The zero-order valence-electron chi connectivity index (χ0n) is 13.9. The van der Waals surface area contributed by atoms with E-state index in [2.05, 4.69) is 41.3 Å². The van der Waals surface area contributed by atoms with Gasteiger partial charge in [0.15, 0.2) is 5.69 Å². The number of aromatic nitrogens is 3. The summed E-state index contributed by atoms with van der Waals surface area (Å²) < 4.78 is 1.72. The topological polar surface area (TPSA) is 63.1 Å². The molecule has 1 fully saturated rings. The Morgan fingerprint density at radius 2 is 2.05 bits per heavy atom. The second-order valence-electron chi connectivity index (χ2n) is 7.32. The van der Waals surface area contributed by atoms with Gasteiger partial charge in [0.25, 0.3) is 5.91 Å². The Balaban J connectivity index is 2.00. The summed E-state index contributed by atoms with van der Waals surface area (Å²) in [6, 6.07) is 0.691. The molecule has 2 atom stereocenters. The van der Waals surface area contributed by atoms with Crippen LogP contribution in [0.15, 0.2) is 6.20 Å². The summed E-state index contributed by atoms with van der Waals surface area (Å²) in [5, 5.41) is 11.1. The molecule has 0 saturated carbocycles. The molecular weight excluding hydrogens is 266 g/mol. The number of nitrogens with zero attached hydrogens (tertiary/aromatic N) is 4. The van der Waals surface area contributed by atoms with Crippen molar-refractivity contribution in [2.24, 2.45) is 5.92 Å². The van der Waals surface area contributed by atoms with Gasteiger partial charge in [0.05, 0.1) is 11.7 Å². The lowest BCUT2D eigenvalue weighted by Gasteiger charge is -2.20. The molecule has 2 rings (SSSR count). The van der Waals surface area contributed by atoms with Crippen LogP contribution in [0.4, 0.5) is 0 Å². The van der Waals surface area contributed by atoms with Gasteiger partial charge in [0.2, 0.25) is 0 Å². The van der Waals surface area contributed by atoms with Gasteiger partial charge in [-0.15, -0.1) is 5.10 Å². The van der Waals surface area contributed by atoms with E-state index >= 15 is 0 Å². The van der Waals surface area contributed by atoms with Crippen LogP contribution in [-0.4, -0.2) is 51.0 Å². The molecule has 1 aliphatic rings. The minimum Gasteiger partial charge on any atom is -0.346 e. The Morgan fingerprint density at radius 3 is 2.52 bits per heavy atom. The first-order chi connectivity index (χ1) is 9.68. The first kappa shape index (κ1) is 15.9. The summed E-state index contributed by atoms with van der Waals surface area (Å²) >= 11 is 0. The lowest BCUT2D eigenvalue weighted by molar-refractivity contribution is 0.0925. The van der Waals surface area contributed by atoms with Gasteiger partial charge in [-0.3, -0.25) is 9.69 Å². The smallest absolute Gasteiger partial charge is 0.273 e. The molecule has 0 spiro atoms. The van der Waals surface area contributed by atoms with Crippen molar-refractivity contribution in [3.05, 3.63) is 11.9 Å². The van der Waals surface area contributed by atoms with Crippen molar-refractivity contribution in [2.45, 2.75) is 59.2 Å². The predicted molar refractivity (Wildman–Crippen MR) is 82.1 cm³/mol. The molecule has 21 heavy (non-hydrogen) atoms. The van der Waals surface area contributed by atoms with E-state index in [0.29, 0.717) is 17.7 Å². The van der Waals surface area contributed by atoms with Gasteiger partial charge >= 0.3 is 0 Å². The molecule has 6 heteroatoms. The molecule has 1 saturated heterocycles. The van der Waals surface area contributed by atoms with Gasteiger partial charge in [0.1, 0.15) is 0 Å². The Labute approximate surface area is 126 Å². The van der Waals surface area contributed by atoms with Crippen LogP contribution in [0.3, 0.4) is 0 Å². The number of rotatable bonds is 3. The number of carbonyl (C=O) groups excluding carboxylic acids is 1. The minimum atomic E-state index is -0.166. The van der Waals surface area contributed by atoms with E-state index in [0.717, 1.165) is 13.1 Å². The zero-order chi connectivity index (χ0) is 15.8.